The summed E-state index contributed by atoms with van der Waals surface area (Å²) in [6.07, 6.45) is 0.771. The molecule has 0 fully saturated rings. The van der Waals surface area contributed by atoms with Gasteiger partial charge in [0.2, 0.25) is 0 Å². The van der Waals surface area contributed by atoms with Gasteiger partial charge in [-0.25, -0.2) is 4.98 Å². The number of carbonyl (C=O) groups is 1. The Kier molecular flexibility index (Phi) is 3.13. The van der Waals surface area contributed by atoms with Gasteiger partial charge in [-0.05, 0) is 15.9 Å². The first-order chi connectivity index (χ1) is 6.50. The number of aliphatic carboxylic acids is 1. The largest absolute Gasteiger partial charge is 0.481 e. The molecule has 0 spiro atoms. The quantitative estimate of drug-likeness (QED) is 0.504. The zero-order valence-electron chi connectivity index (χ0n) is 6.81. The summed E-state index contributed by atoms with van der Waals surface area (Å²) in [4.78, 5) is 24.0. The average Bonchev–Trinajstić information content (AvgIpc) is 2.07. The van der Waals surface area contributed by atoms with Crippen LogP contribution in [-0.2, 0) is 11.2 Å². The van der Waals surface area contributed by atoms with Crippen molar-refractivity contribution in [3.63, 3.8) is 0 Å². The molecule has 1 heterocycles. The molecule has 0 saturated carbocycles. The minimum absolute atomic E-state index is 0.0886. The van der Waals surface area contributed by atoms with Crippen LogP contribution in [0.1, 0.15) is 5.56 Å². The topological polar surface area (TPSA) is 93.3 Å². The molecule has 0 unspecified atom stereocenters. The normalized spacial score (nSPS) is 9.79. The van der Waals surface area contributed by atoms with Crippen molar-refractivity contribution >= 4 is 27.6 Å². The Morgan fingerprint density at radius 2 is 2.36 bits per heavy atom. The van der Waals surface area contributed by atoms with Crippen molar-refractivity contribution in [1.29, 1.82) is 0 Å². The molecule has 1 N–H and O–H groups in total. The van der Waals surface area contributed by atoms with Crippen LogP contribution >= 0.6 is 15.9 Å². The van der Waals surface area contributed by atoms with E-state index < -0.39 is 17.3 Å². The predicted molar refractivity (Wildman–Crippen MR) is 49.9 cm³/mol. The molecule has 0 aliphatic rings. The second-order valence-corrected chi connectivity index (χ2v) is 3.28. The lowest BCUT2D eigenvalue weighted by molar-refractivity contribution is -0.385. The first-order valence-electron chi connectivity index (χ1n) is 3.51. The van der Waals surface area contributed by atoms with Crippen molar-refractivity contribution in [3.05, 3.63) is 32.5 Å². The highest BCUT2D eigenvalue weighted by Gasteiger charge is 2.16. The number of hydrogen-bond donors (Lipinski definition) is 1. The van der Waals surface area contributed by atoms with Crippen LogP contribution in [0.25, 0.3) is 0 Å². The smallest absolute Gasteiger partial charge is 0.308 e. The fourth-order valence-corrected chi connectivity index (χ4v) is 1.24. The number of aromatic nitrogens is 1. The minimum atomic E-state index is -1.13. The lowest BCUT2D eigenvalue weighted by Gasteiger charge is -1.99. The molecule has 0 aliphatic heterocycles. The molecule has 0 saturated heterocycles. The summed E-state index contributed by atoms with van der Waals surface area (Å²) in [6.45, 7) is 0. The minimum Gasteiger partial charge on any atom is -0.481 e. The summed E-state index contributed by atoms with van der Waals surface area (Å²) >= 11 is 2.97. The first-order valence-corrected chi connectivity index (χ1v) is 4.30. The van der Waals surface area contributed by atoms with Crippen LogP contribution in [0, 0.1) is 10.1 Å². The number of carboxylic acid groups (broad SMARTS) is 1. The Labute approximate surface area is 86.9 Å². The maximum atomic E-state index is 10.5. The van der Waals surface area contributed by atoms with E-state index in [-0.39, 0.29) is 11.3 Å². The lowest BCUT2D eigenvalue weighted by Crippen LogP contribution is -2.04. The van der Waals surface area contributed by atoms with E-state index in [0.29, 0.717) is 4.60 Å². The Balaban J connectivity index is 3.14. The Morgan fingerprint density at radius 1 is 1.71 bits per heavy atom. The van der Waals surface area contributed by atoms with Crippen molar-refractivity contribution in [2.45, 2.75) is 6.42 Å². The van der Waals surface area contributed by atoms with E-state index in [4.69, 9.17) is 5.11 Å². The molecule has 0 atom stereocenters. The zero-order chi connectivity index (χ0) is 10.7. The SMILES string of the molecule is O=C(O)Cc1cnc(Br)cc1[N+](=O)[O-]. The Hall–Kier alpha value is -1.50. The fourth-order valence-electron chi connectivity index (χ4n) is 0.918. The predicted octanol–water partition coefficient (Wildman–Crippen LogP) is 1.38. The van der Waals surface area contributed by atoms with E-state index in [1.807, 2.05) is 0 Å². The molecule has 0 amide bonds. The molecule has 7 heteroatoms. The third-order valence-electron chi connectivity index (χ3n) is 1.47. The molecule has 14 heavy (non-hydrogen) atoms. The van der Waals surface area contributed by atoms with Gasteiger partial charge in [-0.2, -0.15) is 0 Å². The zero-order valence-corrected chi connectivity index (χ0v) is 8.39. The van der Waals surface area contributed by atoms with Gasteiger partial charge in [0.15, 0.2) is 0 Å². The molecule has 0 aromatic carbocycles. The maximum Gasteiger partial charge on any atom is 0.308 e. The van der Waals surface area contributed by atoms with Crippen molar-refractivity contribution in [1.82, 2.24) is 4.98 Å². The van der Waals surface area contributed by atoms with Gasteiger partial charge >= 0.3 is 5.97 Å². The van der Waals surface area contributed by atoms with Crippen molar-refractivity contribution in [2.24, 2.45) is 0 Å². The number of nitro groups is 1. The number of pyridine rings is 1. The van der Waals surface area contributed by atoms with E-state index in [1.165, 1.54) is 12.3 Å². The highest BCUT2D eigenvalue weighted by atomic mass is 79.9. The Bertz CT molecular complexity index is 393. The summed E-state index contributed by atoms with van der Waals surface area (Å²) in [5.41, 5.74) is -0.153. The molecule has 74 valence electrons. The molecular formula is C7H5BrN2O4. The lowest BCUT2D eigenvalue weighted by atomic mass is 10.2. The first kappa shape index (κ1) is 10.6. The number of carboxylic acids is 1. The number of halogens is 1. The van der Waals surface area contributed by atoms with Crippen LogP contribution in [0.15, 0.2) is 16.9 Å². The summed E-state index contributed by atoms with van der Waals surface area (Å²) in [6, 6.07) is 1.18. The molecule has 0 bridgehead atoms. The van der Waals surface area contributed by atoms with Gasteiger partial charge < -0.3 is 5.11 Å². The number of nitrogens with zero attached hydrogens (tertiary/aromatic N) is 2. The van der Waals surface area contributed by atoms with Crippen molar-refractivity contribution in [2.75, 3.05) is 0 Å². The van der Waals surface area contributed by atoms with Crippen LogP contribution in [0.2, 0.25) is 0 Å². The molecule has 1 aromatic heterocycles. The van der Waals surface area contributed by atoms with Gasteiger partial charge in [0.1, 0.15) is 4.60 Å². The van der Waals surface area contributed by atoms with Crippen molar-refractivity contribution < 1.29 is 14.8 Å². The van der Waals surface area contributed by atoms with E-state index in [0.717, 1.165) is 0 Å². The number of hydrogen-bond acceptors (Lipinski definition) is 4. The van der Waals surface area contributed by atoms with Crippen LogP contribution in [-0.4, -0.2) is 21.0 Å². The average molecular weight is 261 g/mol. The van der Waals surface area contributed by atoms with Gasteiger partial charge in [0.25, 0.3) is 5.69 Å². The number of rotatable bonds is 3. The van der Waals surface area contributed by atoms with Crippen LogP contribution in [0.3, 0.4) is 0 Å². The van der Waals surface area contributed by atoms with E-state index in [9.17, 15) is 14.9 Å². The van der Waals surface area contributed by atoms with Gasteiger partial charge in [0, 0.05) is 12.3 Å². The molecule has 1 aromatic rings. The van der Waals surface area contributed by atoms with E-state index >= 15 is 0 Å². The third kappa shape index (κ3) is 2.49. The third-order valence-corrected chi connectivity index (χ3v) is 1.90. The van der Waals surface area contributed by atoms with E-state index in [1.54, 1.807) is 0 Å². The highest BCUT2D eigenvalue weighted by molar-refractivity contribution is 9.10. The van der Waals surface area contributed by atoms with Gasteiger partial charge in [0.05, 0.1) is 16.9 Å². The second-order valence-electron chi connectivity index (χ2n) is 2.46. The van der Waals surface area contributed by atoms with Gasteiger partial charge in [-0.3, -0.25) is 14.9 Å². The van der Waals surface area contributed by atoms with Gasteiger partial charge in [-0.1, -0.05) is 0 Å². The second kappa shape index (κ2) is 4.14. The fraction of sp³-hybridized carbons (Fsp3) is 0.143. The summed E-state index contributed by atoms with van der Waals surface area (Å²) in [5, 5.41) is 19.0. The molecule has 0 radical (unpaired) electrons. The van der Waals surface area contributed by atoms with Gasteiger partial charge in [-0.15, -0.1) is 0 Å². The maximum absolute atomic E-state index is 10.5. The molecular weight excluding hydrogens is 256 g/mol. The Morgan fingerprint density at radius 3 is 2.86 bits per heavy atom. The van der Waals surface area contributed by atoms with Crippen LogP contribution in [0.4, 0.5) is 5.69 Å². The summed E-state index contributed by atoms with van der Waals surface area (Å²) in [7, 11) is 0. The highest BCUT2D eigenvalue weighted by Crippen LogP contribution is 2.21. The molecule has 0 aliphatic carbocycles. The van der Waals surface area contributed by atoms with E-state index in [2.05, 4.69) is 20.9 Å². The summed E-state index contributed by atoms with van der Waals surface area (Å²) in [5.74, 6) is -1.13. The summed E-state index contributed by atoms with van der Waals surface area (Å²) < 4.78 is 0.304. The monoisotopic (exact) mass is 260 g/mol. The van der Waals surface area contributed by atoms with Crippen molar-refractivity contribution in [3.8, 4) is 0 Å². The standard InChI is InChI=1S/C7H5BrN2O4/c8-6-2-5(10(13)14)4(3-9-6)1-7(11)12/h2-3H,1H2,(H,11,12). The molecule has 6 nitrogen and oxygen atoms in total. The van der Waals surface area contributed by atoms with Crippen LogP contribution in [0.5, 0.6) is 0 Å². The van der Waals surface area contributed by atoms with Crippen LogP contribution < -0.4 is 0 Å². The molecule has 1 rings (SSSR count).